The van der Waals surface area contributed by atoms with Crippen LogP contribution in [-0.2, 0) is 9.59 Å². The fourth-order valence-corrected chi connectivity index (χ4v) is 3.27. The number of hydrogen-bond acceptors (Lipinski definition) is 4. The van der Waals surface area contributed by atoms with Crippen LogP contribution in [0, 0.1) is 5.92 Å². The molecule has 0 spiro atoms. The molecule has 3 aromatic rings. The molecular weight excluding hydrogens is 366 g/mol. The first-order valence-corrected chi connectivity index (χ1v) is 8.81. The number of nitrogens with one attached hydrogen (secondary N) is 1. The number of carbonyl (C=O) groups is 2. The second-order valence-corrected chi connectivity index (χ2v) is 6.64. The lowest BCUT2D eigenvalue weighted by Gasteiger charge is -2.17. The van der Waals surface area contributed by atoms with Crippen molar-refractivity contribution in [2.75, 3.05) is 16.8 Å². The van der Waals surface area contributed by atoms with E-state index < -0.39 is 5.92 Å². The summed E-state index contributed by atoms with van der Waals surface area (Å²) >= 11 is 6.01. The van der Waals surface area contributed by atoms with E-state index in [9.17, 15) is 9.59 Å². The van der Waals surface area contributed by atoms with Crippen molar-refractivity contribution in [2.45, 2.75) is 6.42 Å². The van der Waals surface area contributed by atoms with Gasteiger partial charge in [-0.25, -0.2) is 9.67 Å². The predicted molar refractivity (Wildman–Crippen MR) is 102 cm³/mol. The number of aromatic nitrogens is 3. The third-order valence-electron chi connectivity index (χ3n) is 4.38. The van der Waals surface area contributed by atoms with Gasteiger partial charge < -0.3 is 10.2 Å². The van der Waals surface area contributed by atoms with Crippen molar-refractivity contribution in [2.24, 2.45) is 5.92 Å². The van der Waals surface area contributed by atoms with E-state index in [-0.39, 0.29) is 18.2 Å². The molecule has 2 aromatic heterocycles. The monoisotopic (exact) mass is 381 g/mol. The number of rotatable bonds is 4. The number of carbonyl (C=O) groups excluding carboxylic acids is 2. The number of hydrogen-bond donors (Lipinski definition) is 1. The third-order valence-corrected chi connectivity index (χ3v) is 4.62. The van der Waals surface area contributed by atoms with Gasteiger partial charge in [-0.05, 0) is 36.4 Å². The minimum absolute atomic E-state index is 0.101. The Labute approximate surface area is 160 Å². The molecule has 1 saturated heterocycles. The SMILES string of the molecule is O=C(Nc1cccnc1-n1cccn1)C1CC(=O)N(c2cccc(Cl)c2)C1. The maximum absolute atomic E-state index is 12.8. The second-order valence-electron chi connectivity index (χ2n) is 6.20. The van der Waals surface area contributed by atoms with Gasteiger partial charge in [-0.15, -0.1) is 0 Å². The standard InChI is InChI=1S/C19H16ClN5O2/c20-14-4-1-5-15(11-14)24-12-13(10-17(24)26)19(27)23-16-6-2-7-21-18(16)25-9-3-8-22-25/h1-9,11,13H,10,12H2,(H,23,27). The van der Waals surface area contributed by atoms with Crippen LogP contribution in [0.25, 0.3) is 5.82 Å². The molecule has 136 valence electrons. The van der Waals surface area contributed by atoms with Gasteiger partial charge in [-0.3, -0.25) is 9.59 Å². The highest BCUT2D eigenvalue weighted by molar-refractivity contribution is 6.31. The van der Waals surface area contributed by atoms with Crippen LogP contribution in [-0.4, -0.2) is 33.1 Å². The van der Waals surface area contributed by atoms with Crippen LogP contribution in [0.2, 0.25) is 5.02 Å². The Morgan fingerprint density at radius 1 is 1.19 bits per heavy atom. The van der Waals surface area contributed by atoms with Gasteiger partial charge in [0, 0.05) is 42.3 Å². The summed E-state index contributed by atoms with van der Waals surface area (Å²) in [6, 6.07) is 12.3. The van der Waals surface area contributed by atoms with Crippen LogP contribution in [0.15, 0.2) is 61.1 Å². The molecule has 1 aromatic carbocycles. The number of benzene rings is 1. The Balaban J connectivity index is 1.51. The van der Waals surface area contributed by atoms with Gasteiger partial charge in [0.1, 0.15) is 0 Å². The zero-order valence-electron chi connectivity index (χ0n) is 14.2. The van der Waals surface area contributed by atoms with Crippen molar-refractivity contribution in [1.82, 2.24) is 14.8 Å². The van der Waals surface area contributed by atoms with Gasteiger partial charge in [0.2, 0.25) is 11.8 Å². The Kier molecular flexibility index (Phi) is 4.60. The van der Waals surface area contributed by atoms with Crippen LogP contribution in [0.5, 0.6) is 0 Å². The highest BCUT2D eigenvalue weighted by Crippen LogP contribution is 2.28. The van der Waals surface area contributed by atoms with Crippen molar-refractivity contribution in [3.63, 3.8) is 0 Å². The van der Waals surface area contributed by atoms with Gasteiger partial charge in [0.15, 0.2) is 5.82 Å². The van der Waals surface area contributed by atoms with Gasteiger partial charge in [-0.2, -0.15) is 5.10 Å². The number of pyridine rings is 1. The molecule has 7 nitrogen and oxygen atoms in total. The van der Waals surface area contributed by atoms with E-state index in [0.29, 0.717) is 28.8 Å². The lowest BCUT2D eigenvalue weighted by Crippen LogP contribution is -2.28. The molecule has 0 bridgehead atoms. The van der Waals surface area contributed by atoms with Crippen LogP contribution >= 0.6 is 11.6 Å². The van der Waals surface area contributed by atoms with Gasteiger partial charge in [0.25, 0.3) is 0 Å². The lowest BCUT2D eigenvalue weighted by molar-refractivity contribution is -0.122. The normalized spacial score (nSPS) is 16.6. The smallest absolute Gasteiger partial charge is 0.229 e. The molecule has 4 rings (SSSR count). The zero-order chi connectivity index (χ0) is 18.8. The van der Waals surface area contributed by atoms with Crippen molar-refractivity contribution >= 4 is 34.8 Å². The molecule has 1 fully saturated rings. The van der Waals surface area contributed by atoms with Gasteiger partial charge in [-0.1, -0.05) is 17.7 Å². The quantitative estimate of drug-likeness (QED) is 0.753. The largest absolute Gasteiger partial charge is 0.323 e. The minimum Gasteiger partial charge on any atom is -0.323 e. The summed E-state index contributed by atoms with van der Waals surface area (Å²) in [5.41, 5.74) is 1.24. The molecule has 1 aliphatic rings. The Bertz CT molecular complexity index is 989. The summed E-state index contributed by atoms with van der Waals surface area (Å²) in [7, 11) is 0. The lowest BCUT2D eigenvalue weighted by atomic mass is 10.1. The Hall–Kier alpha value is -3.19. The number of amides is 2. The maximum atomic E-state index is 12.8. The van der Waals surface area contributed by atoms with Gasteiger partial charge in [0.05, 0.1) is 11.6 Å². The molecule has 2 amide bonds. The third kappa shape index (κ3) is 3.54. The summed E-state index contributed by atoms with van der Waals surface area (Å²) in [4.78, 5) is 31.0. The molecule has 3 heterocycles. The Morgan fingerprint density at radius 3 is 2.85 bits per heavy atom. The highest BCUT2D eigenvalue weighted by atomic mass is 35.5. The predicted octanol–water partition coefficient (Wildman–Crippen LogP) is 2.91. The maximum Gasteiger partial charge on any atom is 0.229 e. The van der Waals surface area contributed by atoms with Crippen molar-refractivity contribution in [1.29, 1.82) is 0 Å². The van der Waals surface area contributed by atoms with Gasteiger partial charge >= 0.3 is 0 Å². The van der Waals surface area contributed by atoms with Crippen molar-refractivity contribution in [3.05, 3.63) is 66.1 Å². The van der Waals surface area contributed by atoms with Crippen molar-refractivity contribution in [3.8, 4) is 5.82 Å². The average Bonchev–Trinajstić information content (AvgIpc) is 3.32. The van der Waals surface area contributed by atoms with E-state index in [1.165, 1.54) is 0 Å². The molecule has 0 radical (unpaired) electrons. The Morgan fingerprint density at radius 2 is 2.07 bits per heavy atom. The summed E-state index contributed by atoms with van der Waals surface area (Å²) in [6.07, 6.45) is 5.17. The fourth-order valence-electron chi connectivity index (χ4n) is 3.08. The molecule has 1 aliphatic heterocycles. The average molecular weight is 382 g/mol. The molecule has 8 heteroatoms. The first-order chi connectivity index (χ1) is 13.1. The zero-order valence-corrected chi connectivity index (χ0v) is 15.0. The molecular formula is C19H16ClN5O2. The summed E-state index contributed by atoms with van der Waals surface area (Å²) < 4.78 is 1.58. The fraction of sp³-hybridized carbons (Fsp3) is 0.158. The summed E-state index contributed by atoms with van der Waals surface area (Å²) in [5, 5.41) is 7.58. The molecule has 27 heavy (non-hydrogen) atoms. The second kappa shape index (κ2) is 7.20. The van der Waals surface area contributed by atoms with Crippen molar-refractivity contribution < 1.29 is 9.59 Å². The number of halogens is 1. The van der Waals surface area contributed by atoms with E-state index in [2.05, 4.69) is 15.4 Å². The number of anilines is 2. The topological polar surface area (TPSA) is 80.1 Å². The highest BCUT2D eigenvalue weighted by Gasteiger charge is 2.35. The molecule has 0 aliphatic carbocycles. The minimum atomic E-state index is -0.456. The van der Waals surface area contributed by atoms with E-state index in [1.807, 2.05) is 0 Å². The molecule has 0 saturated carbocycles. The van der Waals surface area contributed by atoms with E-state index >= 15 is 0 Å². The first-order valence-electron chi connectivity index (χ1n) is 8.43. The summed E-state index contributed by atoms with van der Waals surface area (Å²) in [5.74, 6) is -0.265. The first kappa shape index (κ1) is 17.2. The van der Waals surface area contributed by atoms with E-state index in [4.69, 9.17) is 11.6 Å². The van der Waals surface area contributed by atoms with Crippen LogP contribution in [0.1, 0.15) is 6.42 Å². The number of nitrogens with zero attached hydrogens (tertiary/aromatic N) is 4. The molecule has 1 atom stereocenters. The van der Waals surface area contributed by atoms with E-state index in [1.54, 1.807) is 70.6 Å². The van der Waals surface area contributed by atoms with Crippen LogP contribution in [0.4, 0.5) is 11.4 Å². The van der Waals surface area contributed by atoms with E-state index in [0.717, 1.165) is 0 Å². The van der Waals surface area contributed by atoms with Crippen LogP contribution < -0.4 is 10.2 Å². The molecule has 1 unspecified atom stereocenters. The summed E-state index contributed by atoms with van der Waals surface area (Å²) in [6.45, 7) is 0.308. The molecule has 1 N–H and O–H groups in total. The van der Waals surface area contributed by atoms with Crippen LogP contribution in [0.3, 0.4) is 0 Å².